The average Bonchev–Trinajstić information content (AvgIpc) is 3.44. The molecule has 5 rings (SSSR count). The fourth-order valence-electron chi connectivity index (χ4n) is 5.49. The molecule has 1 aliphatic carbocycles. The van der Waals surface area contributed by atoms with Crippen LogP contribution in [0.25, 0.3) is 5.82 Å². The summed E-state index contributed by atoms with van der Waals surface area (Å²) in [6.45, 7) is -0.0819. The van der Waals surface area contributed by atoms with Gasteiger partial charge in [-0.25, -0.2) is 18.9 Å². The molecular weight excluding hydrogens is 597 g/mol. The number of carbonyl (C=O) groups is 1. The van der Waals surface area contributed by atoms with E-state index in [0.29, 0.717) is 42.6 Å². The summed E-state index contributed by atoms with van der Waals surface area (Å²) in [5, 5.41) is 12.8. The molecule has 3 heterocycles. The maximum Gasteiger partial charge on any atom is 0.434 e. The number of hydrogen-bond donors (Lipinski definition) is 1. The lowest BCUT2D eigenvalue weighted by Crippen LogP contribution is -2.39. The number of aromatic carboxylic acids is 1. The predicted molar refractivity (Wildman–Crippen MR) is 144 cm³/mol. The van der Waals surface area contributed by atoms with E-state index < -0.39 is 47.9 Å². The van der Waals surface area contributed by atoms with Gasteiger partial charge in [-0.1, -0.05) is 30.3 Å². The second-order valence-electron chi connectivity index (χ2n) is 10.7. The Kier molecular flexibility index (Phi) is 8.82. The third-order valence-electron chi connectivity index (χ3n) is 7.62. The third-order valence-corrected chi connectivity index (χ3v) is 7.62. The second-order valence-corrected chi connectivity index (χ2v) is 10.7. The molecular formula is C30H27F7N4O3. The molecule has 1 saturated heterocycles. The summed E-state index contributed by atoms with van der Waals surface area (Å²) in [5.74, 6) is -2.87. The van der Waals surface area contributed by atoms with Gasteiger partial charge in [0.1, 0.15) is 23.8 Å². The van der Waals surface area contributed by atoms with Crippen LogP contribution < -0.4 is 0 Å². The van der Waals surface area contributed by atoms with Gasteiger partial charge in [0.2, 0.25) is 0 Å². The number of benzene rings is 1. The van der Waals surface area contributed by atoms with Crippen molar-refractivity contribution < 1.29 is 45.4 Å². The van der Waals surface area contributed by atoms with E-state index in [-0.39, 0.29) is 30.5 Å². The molecule has 1 unspecified atom stereocenters. The maximum absolute atomic E-state index is 14.4. The quantitative estimate of drug-likeness (QED) is 0.268. The Balaban J connectivity index is 1.28. The van der Waals surface area contributed by atoms with Gasteiger partial charge >= 0.3 is 18.3 Å². The highest BCUT2D eigenvalue weighted by Gasteiger charge is 2.41. The molecule has 7 nitrogen and oxygen atoms in total. The lowest BCUT2D eigenvalue weighted by molar-refractivity contribution is -0.148. The van der Waals surface area contributed by atoms with E-state index in [1.165, 1.54) is 35.3 Å². The zero-order valence-electron chi connectivity index (χ0n) is 23.1. The molecule has 3 aromatic rings. The standard InChI is InChI=1S/C30H27F7N4O3/c31-21-8-9-25(44-16-18-4-6-19(7-5-18)20-10-12-40(13-11-20)17-29(32,33)34)22(14-21)24-2-1-3-26(39-24)41-27(30(35,36)37)23(15-38-41)28(42)43/h1-9,15,20,22H,10-14,16-17H2,(H,42,43). The van der Waals surface area contributed by atoms with Gasteiger partial charge in [-0.2, -0.15) is 31.4 Å². The van der Waals surface area contributed by atoms with Gasteiger partial charge in [0, 0.05) is 6.42 Å². The number of ether oxygens (including phenoxy) is 1. The Bertz CT molecular complexity index is 1550. The molecule has 1 aliphatic heterocycles. The first-order chi connectivity index (χ1) is 20.8. The van der Waals surface area contributed by atoms with Gasteiger partial charge in [0.05, 0.1) is 24.4 Å². The van der Waals surface area contributed by atoms with E-state index in [9.17, 15) is 40.6 Å². The number of allylic oxidation sites excluding steroid dienone is 4. The first kappa shape index (κ1) is 31.2. The topological polar surface area (TPSA) is 80.5 Å². The van der Waals surface area contributed by atoms with Crippen LogP contribution in [0.15, 0.2) is 72.4 Å². The van der Waals surface area contributed by atoms with E-state index >= 15 is 0 Å². The average molecular weight is 625 g/mol. The zero-order valence-corrected chi connectivity index (χ0v) is 23.1. The van der Waals surface area contributed by atoms with Crippen molar-refractivity contribution in [2.75, 3.05) is 19.6 Å². The first-order valence-corrected chi connectivity index (χ1v) is 13.7. The summed E-state index contributed by atoms with van der Waals surface area (Å²) >= 11 is 0. The molecule has 0 amide bonds. The highest BCUT2D eigenvalue weighted by Crippen LogP contribution is 2.37. The van der Waals surface area contributed by atoms with Gasteiger partial charge in [0.15, 0.2) is 11.5 Å². The molecule has 14 heteroatoms. The normalized spacial score (nSPS) is 18.6. The Morgan fingerprint density at radius 1 is 1.00 bits per heavy atom. The van der Waals surface area contributed by atoms with Crippen LogP contribution >= 0.6 is 0 Å². The van der Waals surface area contributed by atoms with Crippen molar-refractivity contribution in [2.45, 2.75) is 50.1 Å². The van der Waals surface area contributed by atoms with Crippen LogP contribution in [0.5, 0.6) is 0 Å². The molecule has 1 N–H and O–H groups in total. The predicted octanol–water partition coefficient (Wildman–Crippen LogP) is 7.17. The monoisotopic (exact) mass is 624 g/mol. The number of pyridine rings is 1. The molecule has 2 aliphatic rings. The van der Waals surface area contributed by atoms with Gasteiger partial charge < -0.3 is 9.84 Å². The lowest BCUT2D eigenvalue weighted by atomic mass is 9.89. The fraction of sp³-hybridized carbons (Fsp3) is 0.367. The Labute approximate surface area is 247 Å². The molecule has 0 bridgehead atoms. The molecule has 0 radical (unpaired) electrons. The SMILES string of the molecule is O=C(O)c1cnn(-c2cccc(C3CC(F)=CC=C3OCc3ccc(C4CCN(CC(F)(F)F)CC4)cc3)n2)c1C(F)(F)F. The van der Waals surface area contributed by atoms with Gasteiger partial charge in [0.25, 0.3) is 0 Å². The van der Waals surface area contributed by atoms with Crippen LogP contribution in [0.3, 0.4) is 0 Å². The highest BCUT2D eigenvalue weighted by molar-refractivity contribution is 5.89. The summed E-state index contributed by atoms with van der Waals surface area (Å²) in [7, 11) is 0. The summed E-state index contributed by atoms with van der Waals surface area (Å²) in [6, 6.07) is 11.7. The number of carboxylic acid groups (broad SMARTS) is 1. The Hall–Kier alpha value is -4.20. The number of alkyl halides is 6. The van der Waals surface area contributed by atoms with E-state index in [0.717, 1.165) is 11.1 Å². The third kappa shape index (κ3) is 7.29. The minimum atomic E-state index is -5.03. The largest absolute Gasteiger partial charge is 0.493 e. The second kappa shape index (κ2) is 12.4. The smallest absolute Gasteiger partial charge is 0.434 e. The molecule has 1 aromatic carbocycles. The van der Waals surface area contributed by atoms with Gasteiger partial charge in [-0.05, 0) is 67.3 Å². The van der Waals surface area contributed by atoms with Crippen LogP contribution in [0.4, 0.5) is 30.7 Å². The molecule has 0 saturated carbocycles. The molecule has 1 fully saturated rings. The van der Waals surface area contributed by atoms with Crippen molar-refractivity contribution in [3.05, 3.63) is 100 Å². The van der Waals surface area contributed by atoms with Crippen molar-refractivity contribution in [2.24, 2.45) is 0 Å². The molecule has 44 heavy (non-hydrogen) atoms. The number of carboxylic acids is 1. The van der Waals surface area contributed by atoms with E-state index in [1.807, 2.05) is 24.3 Å². The summed E-state index contributed by atoms with van der Waals surface area (Å²) < 4.78 is 100. The van der Waals surface area contributed by atoms with E-state index in [2.05, 4.69) is 10.1 Å². The molecule has 2 aromatic heterocycles. The van der Waals surface area contributed by atoms with E-state index in [4.69, 9.17) is 4.74 Å². The number of hydrogen-bond acceptors (Lipinski definition) is 5. The van der Waals surface area contributed by atoms with Crippen molar-refractivity contribution in [1.29, 1.82) is 0 Å². The summed E-state index contributed by atoms with van der Waals surface area (Å²) in [4.78, 5) is 17.0. The van der Waals surface area contributed by atoms with Crippen molar-refractivity contribution >= 4 is 5.97 Å². The van der Waals surface area contributed by atoms with Crippen LogP contribution in [0.2, 0.25) is 0 Å². The maximum atomic E-state index is 14.4. The Morgan fingerprint density at radius 3 is 2.34 bits per heavy atom. The molecule has 1 atom stereocenters. The number of halogens is 7. The molecule has 0 spiro atoms. The minimum absolute atomic E-state index is 0.0984. The van der Waals surface area contributed by atoms with E-state index in [1.54, 1.807) is 0 Å². The first-order valence-electron chi connectivity index (χ1n) is 13.7. The van der Waals surface area contributed by atoms with Gasteiger partial charge in [-0.3, -0.25) is 4.90 Å². The lowest BCUT2D eigenvalue weighted by Gasteiger charge is -2.32. The van der Waals surface area contributed by atoms with Crippen LogP contribution in [-0.4, -0.2) is 56.6 Å². The fourth-order valence-corrected chi connectivity index (χ4v) is 5.49. The zero-order chi connectivity index (χ0) is 31.6. The van der Waals surface area contributed by atoms with Gasteiger partial charge in [-0.15, -0.1) is 0 Å². The number of nitrogens with zero attached hydrogens (tertiary/aromatic N) is 4. The van der Waals surface area contributed by atoms with Crippen molar-refractivity contribution in [3.63, 3.8) is 0 Å². The van der Waals surface area contributed by atoms with Crippen LogP contribution in [0, 0.1) is 0 Å². The minimum Gasteiger partial charge on any atom is -0.493 e. The number of rotatable bonds is 8. The number of aromatic nitrogens is 3. The summed E-state index contributed by atoms with van der Waals surface area (Å²) in [5.41, 5.74) is -0.522. The van der Waals surface area contributed by atoms with Crippen molar-refractivity contribution in [3.8, 4) is 5.82 Å². The molecule has 234 valence electrons. The summed E-state index contributed by atoms with van der Waals surface area (Å²) in [6.07, 6.45) is -4.91. The van der Waals surface area contributed by atoms with Crippen LogP contribution in [-0.2, 0) is 17.5 Å². The Morgan fingerprint density at radius 2 is 1.70 bits per heavy atom. The number of likely N-dealkylation sites (tertiary alicyclic amines) is 1. The van der Waals surface area contributed by atoms with Crippen molar-refractivity contribution in [1.82, 2.24) is 19.7 Å². The van der Waals surface area contributed by atoms with Crippen LogP contribution in [0.1, 0.15) is 64.0 Å². The number of piperidine rings is 1. The highest BCUT2D eigenvalue weighted by atomic mass is 19.4.